The highest BCUT2D eigenvalue weighted by Crippen LogP contribution is 2.62. The summed E-state index contributed by atoms with van der Waals surface area (Å²) in [6.45, 7) is 11.0. The fourth-order valence-corrected chi connectivity index (χ4v) is 5.88. The summed E-state index contributed by atoms with van der Waals surface area (Å²) in [4.78, 5) is 24.1. The lowest BCUT2D eigenvalue weighted by Crippen LogP contribution is -2.53. The first-order chi connectivity index (χ1) is 12.2. The zero-order chi connectivity index (χ0) is 19.5. The number of hydrogen-bond donors (Lipinski definition) is 0. The summed E-state index contributed by atoms with van der Waals surface area (Å²) in [6, 6.07) is 0. The fraction of sp³-hybridized carbons (Fsp3) is 0.818. The van der Waals surface area contributed by atoms with Crippen LogP contribution in [0.5, 0.6) is 0 Å². The third kappa shape index (κ3) is 3.84. The Kier molecular flexibility index (Phi) is 6.57. The predicted molar refractivity (Wildman–Crippen MR) is 102 cm³/mol. The van der Waals surface area contributed by atoms with Crippen molar-refractivity contribution >= 4 is 11.9 Å². The molecule has 0 amide bonds. The van der Waals surface area contributed by atoms with E-state index in [1.807, 2.05) is 0 Å². The van der Waals surface area contributed by atoms with E-state index < -0.39 is 5.41 Å². The summed E-state index contributed by atoms with van der Waals surface area (Å²) in [6.07, 6.45) is 7.60. The molecule has 0 aromatic heterocycles. The molecule has 5 atom stereocenters. The third-order valence-corrected chi connectivity index (χ3v) is 7.36. The first-order valence-corrected chi connectivity index (χ1v) is 10.0. The molecule has 26 heavy (non-hydrogen) atoms. The zero-order valence-corrected chi connectivity index (χ0v) is 17.2. The van der Waals surface area contributed by atoms with Gasteiger partial charge in [-0.2, -0.15) is 0 Å². The monoisotopic (exact) mass is 364 g/mol. The summed E-state index contributed by atoms with van der Waals surface area (Å²) in [5.41, 5.74) is 1.02. The maximum absolute atomic E-state index is 12.6. The average molecular weight is 365 g/mol. The lowest BCUT2D eigenvalue weighted by molar-refractivity contribution is -0.168. The molecule has 148 valence electrons. The van der Waals surface area contributed by atoms with E-state index in [2.05, 4.69) is 27.4 Å². The Morgan fingerprint density at radius 2 is 1.92 bits per heavy atom. The molecular formula is C22H36O4. The van der Waals surface area contributed by atoms with Gasteiger partial charge in [-0.05, 0) is 68.6 Å². The van der Waals surface area contributed by atoms with E-state index in [0.717, 1.165) is 44.9 Å². The van der Waals surface area contributed by atoms with E-state index in [1.165, 1.54) is 19.8 Å². The number of hydrogen-bond acceptors (Lipinski definition) is 4. The van der Waals surface area contributed by atoms with Crippen molar-refractivity contribution in [2.45, 2.75) is 72.1 Å². The second-order valence-electron chi connectivity index (χ2n) is 9.03. The van der Waals surface area contributed by atoms with Crippen LogP contribution in [0.3, 0.4) is 0 Å². The van der Waals surface area contributed by atoms with Crippen molar-refractivity contribution in [1.29, 1.82) is 0 Å². The van der Waals surface area contributed by atoms with Gasteiger partial charge in [0.2, 0.25) is 0 Å². The van der Waals surface area contributed by atoms with Crippen molar-refractivity contribution in [3.8, 4) is 0 Å². The molecule has 2 aliphatic carbocycles. The summed E-state index contributed by atoms with van der Waals surface area (Å²) in [5.74, 6) is 0.849. The van der Waals surface area contributed by atoms with Crippen molar-refractivity contribution in [2.75, 3.05) is 14.2 Å². The van der Waals surface area contributed by atoms with E-state index in [9.17, 15) is 9.59 Å². The van der Waals surface area contributed by atoms with E-state index in [0.29, 0.717) is 24.2 Å². The lowest BCUT2D eigenvalue weighted by Gasteiger charge is -2.57. The Morgan fingerprint density at radius 1 is 1.23 bits per heavy atom. The van der Waals surface area contributed by atoms with Crippen LogP contribution in [0.15, 0.2) is 12.2 Å². The second-order valence-corrected chi connectivity index (χ2v) is 9.03. The number of carbonyl (C=O) groups is 2. The van der Waals surface area contributed by atoms with Gasteiger partial charge in [-0.3, -0.25) is 9.59 Å². The number of carbonyl (C=O) groups excluding carboxylic acids is 2. The first-order valence-electron chi connectivity index (χ1n) is 10.0. The summed E-state index contributed by atoms with van der Waals surface area (Å²) >= 11 is 0. The van der Waals surface area contributed by atoms with Gasteiger partial charge < -0.3 is 9.47 Å². The SMILES string of the molecule is C=C1CC[C@@H]2[C@](C)(CCC[C@]2(C)C(=O)OC)[C@H]1CC[C@H](C)CC(=O)OC. The van der Waals surface area contributed by atoms with Crippen LogP contribution < -0.4 is 0 Å². The minimum absolute atomic E-state index is 0.0567. The quantitative estimate of drug-likeness (QED) is 0.496. The van der Waals surface area contributed by atoms with Crippen LogP contribution in [-0.2, 0) is 19.1 Å². The number of esters is 2. The molecule has 0 saturated heterocycles. The van der Waals surface area contributed by atoms with Crippen LogP contribution in [0.1, 0.15) is 72.1 Å². The van der Waals surface area contributed by atoms with Gasteiger partial charge in [0, 0.05) is 6.42 Å². The molecule has 4 heteroatoms. The van der Waals surface area contributed by atoms with Crippen molar-refractivity contribution in [2.24, 2.45) is 28.6 Å². The average Bonchev–Trinajstić information content (AvgIpc) is 2.59. The molecule has 0 radical (unpaired) electrons. The molecule has 0 N–H and O–H groups in total. The topological polar surface area (TPSA) is 52.6 Å². The van der Waals surface area contributed by atoms with Gasteiger partial charge >= 0.3 is 11.9 Å². The highest BCUT2D eigenvalue weighted by atomic mass is 16.5. The molecule has 0 aromatic rings. The lowest BCUT2D eigenvalue weighted by atomic mass is 9.46. The summed E-state index contributed by atoms with van der Waals surface area (Å²) in [7, 11) is 2.95. The highest BCUT2D eigenvalue weighted by molar-refractivity contribution is 5.77. The number of allylic oxidation sites excluding steroid dienone is 1. The van der Waals surface area contributed by atoms with Gasteiger partial charge in [0.15, 0.2) is 0 Å². The van der Waals surface area contributed by atoms with Crippen molar-refractivity contribution in [3.05, 3.63) is 12.2 Å². The predicted octanol–water partition coefficient (Wildman–Crippen LogP) is 4.92. The van der Waals surface area contributed by atoms with Crippen molar-refractivity contribution < 1.29 is 19.1 Å². The van der Waals surface area contributed by atoms with Gasteiger partial charge in [0.25, 0.3) is 0 Å². The maximum Gasteiger partial charge on any atom is 0.311 e. The molecule has 0 unspecified atom stereocenters. The molecular weight excluding hydrogens is 328 g/mol. The highest BCUT2D eigenvalue weighted by Gasteiger charge is 2.57. The second kappa shape index (κ2) is 8.14. The molecule has 0 aromatic carbocycles. The van der Waals surface area contributed by atoms with Crippen LogP contribution in [-0.4, -0.2) is 26.2 Å². The maximum atomic E-state index is 12.6. The van der Waals surface area contributed by atoms with Crippen LogP contribution in [0.25, 0.3) is 0 Å². The van der Waals surface area contributed by atoms with Gasteiger partial charge in [-0.25, -0.2) is 0 Å². The summed E-state index contributed by atoms with van der Waals surface area (Å²) in [5, 5.41) is 0. The van der Waals surface area contributed by atoms with Gasteiger partial charge in [-0.15, -0.1) is 0 Å². The van der Waals surface area contributed by atoms with E-state index >= 15 is 0 Å². The number of rotatable bonds is 6. The Morgan fingerprint density at radius 3 is 2.54 bits per heavy atom. The van der Waals surface area contributed by atoms with Crippen LogP contribution in [0.2, 0.25) is 0 Å². The minimum Gasteiger partial charge on any atom is -0.469 e. The van der Waals surface area contributed by atoms with Crippen molar-refractivity contribution in [3.63, 3.8) is 0 Å². The Labute approximate surface area is 158 Å². The van der Waals surface area contributed by atoms with Crippen LogP contribution >= 0.6 is 0 Å². The van der Waals surface area contributed by atoms with Gasteiger partial charge in [-0.1, -0.05) is 32.4 Å². The minimum atomic E-state index is -0.391. The van der Waals surface area contributed by atoms with E-state index in [4.69, 9.17) is 9.47 Å². The molecule has 0 aliphatic heterocycles. The molecule has 2 aliphatic rings. The molecule has 0 bridgehead atoms. The van der Waals surface area contributed by atoms with Crippen molar-refractivity contribution in [1.82, 2.24) is 0 Å². The van der Waals surface area contributed by atoms with E-state index in [-0.39, 0.29) is 17.4 Å². The van der Waals surface area contributed by atoms with Crippen LogP contribution in [0, 0.1) is 28.6 Å². The third-order valence-electron chi connectivity index (χ3n) is 7.36. The number of fused-ring (bicyclic) bond motifs is 1. The standard InChI is InChI=1S/C22H36O4/c1-15(14-19(23)25-5)8-10-17-16(2)9-11-18-21(17,3)12-7-13-22(18,4)20(24)26-6/h15,17-18H,2,7-14H2,1,3-6H3/t15-,17-,18+,21+,22-/m0/s1. The zero-order valence-electron chi connectivity index (χ0n) is 17.2. The Bertz CT molecular complexity index is 554. The molecule has 0 spiro atoms. The largest absolute Gasteiger partial charge is 0.469 e. The van der Waals surface area contributed by atoms with Crippen LogP contribution in [0.4, 0.5) is 0 Å². The van der Waals surface area contributed by atoms with E-state index in [1.54, 1.807) is 0 Å². The fourth-order valence-electron chi connectivity index (χ4n) is 5.88. The van der Waals surface area contributed by atoms with Gasteiger partial charge in [0.05, 0.1) is 19.6 Å². The molecule has 2 rings (SSSR count). The number of ether oxygens (including phenoxy) is 2. The number of methoxy groups -OCH3 is 2. The summed E-state index contributed by atoms with van der Waals surface area (Å²) < 4.78 is 9.99. The smallest absolute Gasteiger partial charge is 0.311 e. The Balaban J connectivity index is 2.17. The first kappa shape index (κ1) is 21.0. The van der Waals surface area contributed by atoms with Gasteiger partial charge in [0.1, 0.15) is 0 Å². The molecule has 0 heterocycles. The molecule has 4 nitrogen and oxygen atoms in total. The Hall–Kier alpha value is -1.32. The molecule has 2 saturated carbocycles. The normalized spacial score (nSPS) is 35.3. The molecule has 2 fully saturated rings.